The van der Waals surface area contributed by atoms with Gasteiger partial charge in [-0.15, -0.1) is 0 Å². The van der Waals surface area contributed by atoms with Gasteiger partial charge in [0.15, 0.2) is 5.16 Å². The van der Waals surface area contributed by atoms with Crippen LogP contribution in [-0.4, -0.2) is 34.0 Å². The number of halogens is 1. The Hall–Kier alpha value is -2.18. The average Bonchev–Trinajstić information content (AvgIpc) is 2.97. The molecule has 0 fully saturated rings. The number of benzene rings is 2. The van der Waals surface area contributed by atoms with Crippen LogP contribution in [0.15, 0.2) is 53.7 Å². The van der Waals surface area contributed by atoms with E-state index in [-0.39, 0.29) is 18.6 Å². The molecule has 1 aromatic heterocycles. The van der Waals surface area contributed by atoms with E-state index in [0.29, 0.717) is 23.1 Å². The van der Waals surface area contributed by atoms with Gasteiger partial charge >= 0.3 is 5.97 Å². The second-order valence-corrected chi connectivity index (χ2v) is 7.60. The van der Waals surface area contributed by atoms with Crippen molar-refractivity contribution in [2.75, 3.05) is 12.4 Å². The summed E-state index contributed by atoms with van der Waals surface area (Å²) in [5.74, 6) is 1.06. The lowest BCUT2D eigenvalue weighted by Gasteiger charge is -2.11. The Bertz CT molecular complexity index is 926. The highest BCUT2D eigenvalue weighted by atomic mass is 35.5. The molecule has 0 aliphatic carbocycles. The molecule has 0 bridgehead atoms. The summed E-state index contributed by atoms with van der Waals surface area (Å²) in [6.45, 7) is 4.29. The van der Waals surface area contributed by atoms with Crippen molar-refractivity contribution in [3.63, 3.8) is 0 Å². The Balaban J connectivity index is 1.68. The van der Waals surface area contributed by atoms with Gasteiger partial charge < -0.3 is 14.0 Å². The molecule has 7 heteroatoms. The van der Waals surface area contributed by atoms with Gasteiger partial charge in [-0.05, 0) is 38.1 Å². The highest BCUT2D eigenvalue weighted by molar-refractivity contribution is 7.99. The molecule has 0 aliphatic heterocycles. The number of carbonyl (C=O) groups is 1. The summed E-state index contributed by atoms with van der Waals surface area (Å²) in [5.41, 5.74) is 1.76. The van der Waals surface area contributed by atoms with E-state index in [4.69, 9.17) is 21.1 Å². The Morgan fingerprint density at radius 2 is 1.93 bits per heavy atom. The second kappa shape index (κ2) is 9.15. The maximum absolute atomic E-state index is 12.1. The van der Waals surface area contributed by atoms with Crippen molar-refractivity contribution in [1.29, 1.82) is 0 Å². The SMILES string of the molecule is CC(C)OC(=O)Cn1c(SCCOc2ccccc2Cl)nc2ccccc21. The molecule has 0 saturated heterocycles. The molecule has 0 spiro atoms. The van der Waals surface area contributed by atoms with Crippen LogP contribution < -0.4 is 4.74 Å². The van der Waals surface area contributed by atoms with Gasteiger partial charge in [-0.2, -0.15) is 0 Å². The molecule has 142 valence electrons. The summed E-state index contributed by atoms with van der Waals surface area (Å²) in [5, 5.41) is 1.35. The molecule has 0 aliphatic rings. The van der Waals surface area contributed by atoms with Gasteiger partial charge in [0.25, 0.3) is 0 Å². The van der Waals surface area contributed by atoms with E-state index in [0.717, 1.165) is 16.2 Å². The van der Waals surface area contributed by atoms with Crippen LogP contribution in [0.25, 0.3) is 11.0 Å². The van der Waals surface area contributed by atoms with Crippen molar-refractivity contribution in [2.45, 2.75) is 31.7 Å². The molecule has 1 heterocycles. The fourth-order valence-electron chi connectivity index (χ4n) is 2.59. The first-order chi connectivity index (χ1) is 13.0. The fraction of sp³-hybridized carbons (Fsp3) is 0.300. The number of fused-ring (bicyclic) bond motifs is 1. The van der Waals surface area contributed by atoms with E-state index in [1.54, 1.807) is 6.07 Å². The predicted molar refractivity (Wildman–Crippen MR) is 109 cm³/mol. The van der Waals surface area contributed by atoms with E-state index in [1.165, 1.54) is 11.8 Å². The highest BCUT2D eigenvalue weighted by Crippen LogP contribution is 2.26. The Labute approximate surface area is 167 Å². The maximum Gasteiger partial charge on any atom is 0.326 e. The summed E-state index contributed by atoms with van der Waals surface area (Å²) in [7, 11) is 0. The van der Waals surface area contributed by atoms with E-state index in [1.807, 2.05) is 60.9 Å². The Morgan fingerprint density at radius 1 is 1.19 bits per heavy atom. The lowest BCUT2D eigenvalue weighted by Crippen LogP contribution is -2.18. The molecule has 3 rings (SSSR count). The molecule has 5 nitrogen and oxygen atoms in total. The highest BCUT2D eigenvalue weighted by Gasteiger charge is 2.15. The van der Waals surface area contributed by atoms with Crippen molar-refractivity contribution in [3.05, 3.63) is 53.6 Å². The molecular weight excluding hydrogens is 384 g/mol. The van der Waals surface area contributed by atoms with Gasteiger partial charge in [-0.1, -0.05) is 47.6 Å². The topological polar surface area (TPSA) is 53.4 Å². The number of imidazole rings is 1. The standard InChI is InChI=1S/C20H21ClN2O3S/c1-14(2)26-19(24)13-23-17-9-5-4-8-16(17)22-20(23)27-12-11-25-18-10-6-3-7-15(18)21/h3-10,14H,11-13H2,1-2H3. The molecule has 27 heavy (non-hydrogen) atoms. The predicted octanol–water partition coefficient (Wildman–Crippen LogP) is 4.81. The zero-order valence-electron chi connectivity index (χ0n) is 15.2. The zero-order chi connectivity index (χ0) is 19.2. The van der Waals surface area contributed by atoms with Gasteiger partial charge in [0, 0.05) is 5.75 Å². The van der Waals surface area contributed by atoms with Crippen LogP contribution in [-0.2, 0) is 16.1 Å². The van der Waals surface area contributed by atoms with Gasteiger partial charge in [0.1, 0.15) is 12.3 Å². The van der Waals surface area contributed by atoms with E-state index in [9.17, 15) is 4.79 Å². The normalized spacial score (nSPS) is 11.1. The number of hydrogen-bond donors (Lipinski definition) is 0. The van der Waals surface area contributed by atoms with Crippen molar-refractivity contribution < 1.29 is 14.3 Å². The molecule has 0 amide bonds. The molecule has 0 atom stereocenters. The molecule has 0 N–H and O–H groups in total. The van der Waals surface area contributed by atoms with Crippen LogP contribution in [0, 0.1) is 0 Å². The van der Waals surface area contributed by atoms with Crippen LogP contribution in [0.1, 0.15) is 13.8 Å². The van der Waals surface area contributed by atoms with Gasteiger partial charge in [-0.3, -0.25) is 4.79 Å². The lowest BCUT2D eigenvalue weighted by molar-refractivity contribution is -0.148. The van der Waals surface area contributed by atoms with E-state index < -0.39 is 0 Å². The average molecular weight is 405 g/mol. The summed E-state index contributed by atoms with van der Waals surface area (Å²) < 4.78 is 12.9. The van der Waals surface area contributed by atoms with Crippen molar-refractivity contribution in [3.8, 4) is 5.75 Å². The minimum atomic E-state index is -0.276. The van der Waals surface area contributed by atoms with Crippen LogP contribution >= 0.6 is 23.4 Å². The number of rotatable bonds is 8. The number of para-hydroxylation sites is 3. The van der Waals surface area contributed by atoms with Crippen LogP contribution in [0.2, 0.25) is 5.02 Å². The fourth-order valence-corrected chi connectivity index (χ4v) is 3.61. The van der Waals surface area contributed by atoms with Gasteiger partial charge in [0.2, 0.25) is 0 Å². The molecule has 0 unspecified atom stereocenters. The molecule has 3 aromatic rings. The van der Waals surface area contributed by atoms with Crippen LogP contribution in [0.3, 0.4) is 0 Å². The lowest BCUT2D eigenvalue weighted by atomic mass is 10.3. The number of aromatic nitrogens is 2. The molecular formula is C20H21ClN2O3S. The first-order valence-corrected chi connectivity index (χ1v) is 10.1. The molecule has 0 radical (unpaired) electrons. The van der Waals surface area contributed by atoms with Crippen LogP contribution in [0.4, 0.5) is 0 Å². The third-order valence-corrected chi connectivity index (χ3v) is 4.94. The van der Waals surface area contributed by atoms with Crippen molar-refractivity contribution >= 4 is 40.4 Å². The Kier molecular flexibility index (Phi) is 6.63. The third-order valence-electron chi connectivity index (χ3n) is 3.68. The first kappa shape index (κ1) is 19.6. The zero-order valence-corrected chi connectivity index (χ0v) is 16.8. The number of nitrogens with zero attached hydrogens (tertiary/aromatic N) is 2. The van der Waals surface area contributed by atoms with Crippen molar-refractivity contribution in [1.82, 2.24) is 9.55 Å². The third kappa shape index (κ3) is 5.17. The smallest absolute Gasteiger partial charge is 0.326 e. The van der Waals surface area contributed by atoms with Gasteiger partial charge in [0.05, 0.1) is 28.8 Å². The minimum Gasteiger partial charge on any atom is -0.491 e. The number of hydrogen-bond acceptors (Lipinski definition) is 5. The largest absolute Gasteiger partial charge is 0.491 e. The summed E-state index contributed by atoms with van der Waals surface area (Å²) >= 11 is 7.63. The Morgan fingerprint density at radius 3 is 2.70 bits per heavy atom. The number of esters is 1. The molecule has 2 aromatic carbocycles. The summed E-state index contributed by atoms with van der Waals surface area (Å²) in [6, 6.07) is 15.1. The molecule has 0 saturated carbocycles. The maximum atomic E-state index is 12.1. The quantitative estimate of drug-likeness (QED) is 0.306. The van der Waals surface area contributed by atoms with E-state index >= 15 is 0 Å². The number of carbonyl (C=O) groups excluding carboxylic acids is 1. The van der Waals surface area contributed by atoms with Crippen molar-refractivity contribution in [2.24, 2.45) is 0 Å². The summed E-state index contributed by atoms with van der Waals surface area (Å²) in [4.78, 5) is 16.8. The van der Waals surface area contributed by atoms with Crippen LogP contribution in [0.5, 0.6) is 5.75 Å². The second-order valence-electron chi connectivity index (χ2n) is 6.14. The summed E-state index contributed by atoms with van der Waals surface area (Å²) in [6.07, 6.45) is -0.146. The number of ether oxygens (including phenoxy) is 2. The minimum absolute atomic E-state index is 0.131. The first-order valence-electron chi connectivity index (χ1n) is 8.69. The monoisotopic (exact) mass is 404 g/mol. The van der Waals surface area contributed by atoms with E-state index in [2.05, 4.69) is 4.98 Å². The number of thioether (sulfide) groups is 1. The van der Waals surface area contributed by atoms with Gasteiger partial charge in [-0.25, -0.2) is 4.98 Å².